The van der Waals surface area contributed by atoms with Crippen LogP contribution in [0.1, 0.15) is 5.56 Å². The molecule has 3 nitrogen and oxygen atoms in total. The van der Waals surface area contributed by atoms with Crippen LogP contribution in [0, 0.1) is 18.4 Å². The first-order valence-electron chi connectivity index (χ1n) is 4.32. The van der Waals surface area contributed by atoms with Gasteiger partial charge in [0.05, 0.1) is 10.0 Å². The van der Waals surface area contributed by atoms with Gasteiger partial charge >= 0.3 is 0 Å². The van der Waals surface area contributed by atoms with Crippen LogP contribution in [0.5, 0.6) is 0 Å². The van der Waals surface area contributed by atoms with Gasteiger partial charge < -0.3 is 0 Å². The average molecular weight is 274 g/mol. The van der Waals surface area contributed by atoms with Crippen LogP contribution in [0.4, 0.5) is 5.69 Å². The molecule has 0 radical (unpaired) electrons. The number of halogens is 2. The van der Waals surface area contributed by atoms with E-state index in [1.807, 2.05) is 13.0 Å². The first-order chi connectivity index (χ1) is 7.60. The van der Waals surface area contributed by atoms with Crippen molar-refractivity contribution in [3.63, 3.8) is 0 Å². The fourth-order valence-corrected chi connectivity index (χ4v) is 1.80. The average Bonchev–Trinajstić information content (AvgIpc) is 2.28. The molecule has 0 aliphatic heterocycles. The van der Waals surface area contributed by atoms with Crippen molar-refractivity contribution in [1.82, 2.24) is 5.32 Å². The van der Waals surface area contributed by atoms with Crippen molar-refractivity contribution in [2.75, 3.05) is 6.26 Å². The number of rotatable bonds is 1. The van der Waals surface area contributed by atoms with Gasteiger partial charge in [-0.3, -0.25) is 5.32 Å². The summed E-state index contributed by atoms with van der Waals surface area (Å²) in [4.78, 5) is 4.21. The summed E-state index contributed by atoms with van der Waals surface area (Å²) in [6.07, 6.45) is 3.61. The Labute approximate surface area is 108 Å². The van der Waals surface area contributed by atoms with Crippen LogP contribution in [0.2, 0.25) is 10.0 Å². The van der Waals surface area contributed by atoms with Crippen molar-refractivity contribution in [2.45, 2.75) is 6.92 Å². The second-order valence-electron chi connectivity index (χ2n) is 2.88. The molecule has 0 saturated heterocycles. The van der Waals surface area contributed by atoms with Gasteiger partial charge in [0.25, 0.3) is 0 Å². The SMILES string of the molecule is CSC(=Nc1c(Cl)ccc(C)c1Cl)NC#N. The van der Waals surface area contributed by atoms with Crippen LogP contribution in [0.15, 0.2) is 17.1 Å². The van der Waals surface area contributed by atoms with Crippen LogP contribution < -0.4 is 5.32 Å². The van der Waals surface area contributed by atoms with Crippen LogP contribution in [0.25, 0.3) is 0 Å². The lowest BCUT2D eigenvalue weighted by atomic mass is 10.2. The van der Waals surface area contributed by atoms with Crippen LogP contribution >= 0.6 is 35.0 Å². The highest BCUT2D eigenvalue weighted by Gasteiger charge is 2.08. The Morgan fingerprint density at radius 1 is 1.50 bits per heavy atom. The van der Waals surface area contributed by atoms with E-state index in [1.165, 1.54) is 11.8 Å². The third-order valence-corrected chi connectivity index (χ3v) is 3.19. The van der Waals surface area contributed by atoms with Gasteiger partial charge in [0, 0.05) is 0 Å². The molecule has 0 bridgehead atoms. The molecular formula is C10H9Cl2N3S. The number of amidine groups is 1. The number of benzene rings is 1. The van der Waals surface area contributed by atoms with E-state index in [2.05, 4.69) is 10.3 Å². The predicted molar refractivity (Wildman–Crippen MR) is 70.6 cm³/mol. The highest BCUT2D eigenvalue weighted by atomic mass is 35.5. The van der Waals surface area contributed by atoms with Gasteiger partial charge in [-0.2, -0.15) is 5.26 Å². The fourth-order valence-electron chi connectivity index (χ4n) is 1.02. The van der Waals surface area contributed by atoms with E-state index in [1.54, 1.807) is 18.5 Å². The summed E-state index contributed by atoms with van der Waals surface area (Å²) in [5.74, 6) is 0. The molecule has 0 aliphatic rings. The maximum atomic E-state index is 8.52. The molecule has 0 heterocycles. The van der Waals surface area contributed by atoms with E-state index < -0.39 is 0 Å². The standard InChI is InChI=1S/C10H9Cl2N3S/c1-6-3-4-7(11)9(8(6)12)15-10(16-2)14-5-13/h3-4H,1-2H3,(H,14,15). The number of nitrogens with one attached hydrogen (secondary N) is 1. The van der Waals surface area contributed by atoms with Gasteiger partial charge in [-0.1, -0.05) is 41.0 Å². The van der Waals surface area contributed by atoms with Gasteiger partial charge in [-0.25, -0.2) is 4.99 Å². The summed E-state index contributed by atoms with van der Waals surface area (Å²) in [7, 11) is 0. The van der Waals surface area contributed by atoms with Gasteiger partial charge in [-0.15, -0.1) is 0 Å². The Balaban J connectivity index is 3.23. The zero-order valence-corrected chi connectivity index (χ0v) is 11.0. The Bertz CT molecular complexity index is 466. The Kier molecular flexibility index (Phi) is 4.94. The highest BCUT2D eigenvalue weighted by Crippen LogP contribution is 2.35. The summed E-state index contributed by atoms with van der Waals surface area (Å²) in [5.41, 5.74) is 1.37. The van der Waals surface area contributed by atoms with Crippen molar-refractivity contribution in [2.24, 2.45) is 4.99 Å². The molecule has 84 valence electrons. The Morgan fingerprint density at radius 2 is 2.19 bits per heavy atom. The molecule has 0 atom stereocenters. The number of aliphatic imine (C=N–C) groups is 1. The van der Waals surface area contributed by atoms with Crippen molar-refractivity contribution in [3.8, 4) is 6.19 Å². The third kappa shape index (κ3) is 3.05. The monoisotopic (exact) mass is 273 g/mol. The molecule has 0 fully saturated rings. The molecule has 0 aromatic heterocycles. The smallest absolute Gasteiger partial charge is 0.183 e. The van der Waals surface area contributed by atoms with Crippen molar-refractivity contribution in [1.29, 1.82) is 5.26 Å². The summed E-state index contributed by atoms with van der Waals surface area (Å²) in [6.45, 7) is 1.87. The molecular weight excluding hydrogens is 265 g/mol. The first kappa shape index (κ1) is 13.2. The number of nitriles is 1. The maximum absolute atomic E-state index is 8.52. The van der Waals surface area contributed by atoms with Gasteiger partial charge in [-0.05, 0) is 24.8 Å². The second-order valence-corrected chi connectivity index (χ2v) is 4.46. The number of aryl methyl sites for hydroxylation is 1. The Hall–Kier alpha value is -0.890. The van der Waals surface area contributed by atoms with E-state index in [0.29, 0.717) is 20.9 Å². The largest absolute Gasteiger partial charge is 0.271 e. The predicted octanol–water partition coefficient (Wildman–Crippen LogP) is 3.72. The molecule has 1 rings (SSSR count). The first-order valence-corrected chi connectivity index (χ1v) is 6.30. The topological polar surface area (TPSA) is 48.2 Å². The van der Waals surface area contributed by atoms with Gasteiger partial charge in [0.15, 0.2) is 11.4 Å². The highest BCUT2D eigenvalue weighted by molar-refractivity contribution is 8.13. The van der Waals surface area contributed by atoms with Crippen molar-refractivity contribution >= 4 is 45.8 Å². The van der Waals surface area contributed by atoms with E-state index in [-0.39, 0.29) is 0 Å². The fraction of sp³-hybridized carbons (Fsp3) is 0.200. The van der Waals surface area contributed by atoms with Crippen LogP contribution in [0.3, 0.4) is 0 Å². The number of thioether (sulfide) groups is 1. The molecule has 6 heteroatoms. The van der Waals surface area contributed by atoms with E-state index in [0.717, 1.165) is 5.56 Å². The number of hydrogen-bond acceptors (Lipinski definition) is 3. The van der Waals surface area contributed by atoms with Crippen molar-refractivity contribution in [3.05, 3.63) is 27.7 Å². The molecule has 0 spiro atoms. The molecule has 1 N–H and O–H groups in total. The maximum Gasteiger partial charge on any atom is 0.183 e. The molecule has 0 saturated carbocycles. The summed E-state index contributed by atoms with van der Waals surface area (Å²) in [6, 6.07) is 3.55. The molecule has 0 aliphatic carbocycles. The second kappa shape index (κ2) is 6.00. The lowest BCUT2D eigenvalue weighted by Crippen LogP contribution is -2.12. The molecule has 0 unspecified atom stereocenters. The lowest BCUT2D eigenvalue weighted by molar-refractivity contribution is 1.28. The zero-order chi connectivity index (χ0) is 12.1. The number of hydrogen-bond donors (Lipinski definition) is 1. The van der Waals surface area contributed by atoms with Gasteiger partial charge in [0.2, 0.25) is 0 Å². The minimum atomic E-state index is 0.455. The minimum absolute atomic E-state index is 0.455. The van der Waals surface area contributed by atoms with Crippen molar-refractivity contribution < 1.29 is 0 Å². The van der Waals surface area contributed by atoms with E-state index in [4.69, 9.17) is 28.5 Å². The third-order valence-electron chi connectivity index (χ3n) is 1.83. The lowest BCUT2D eigenvalue weighted by Gasteiger charge is -2.06. The van der Waals surface area contributed by atoms with Crippen LogP contribution in [-0.4, -0.2) is 11.4 Å². The number of nitrogens with zero attached hydrogens (tertiary/aromatic N) is 2. The molecule has 0 amide bonds. The summed E-state index contributed by atoms with van der Waals surface area (Å²) < 4.78 is 0. The van der Waals surface area contributed by atoms with E-state index in [9.17, 15) is 0 Å². The normalized spacial score (nSPS) is 11.1. The quantitative estimate of drug-likeness (QED) is 0.367. The minimum Gasteiger partial charge on any atom is -0.271 e. The zero-order valence-electron chi connectivity index (χ0n) is 8.71. The molecule has 1 aromatic rings. The van der Waals surface area contributed by atoms with E-state index >= 15 is 0 Å². The summed E-state index contributed by atoms with van der Waals surface area (Å²) in [5, 5.41) is 12.4. The molecule has 1 aromatic carbocycles. The Morgan fingerprint density at radius 3 is 2.75 bits per heavy atom. The van der Waals surface area contributed by atoms with Crippen LogP contribution in [-0.2, 0) is 0 Å². The molecule has 16 heavy (non-hydrogen) atoms. The summed E-state index contributed by atoms with van der Waals surface area (Å²) >= 11 is 13.4. The van der Waals surface area contributed by atoms with Gasteiger partial charge in [0.1, 0.15) is 5.69 Å².